The van der Waals surface area contributed by atoms with E-state index in [-0.39, 0.29) is 6.42 Å². The van der Waals surface area contributed by atoms with Crippen LogP contribution in [0.2, 0.25) is 0 Å². The van der Waals surface area contributed by atoms with Gasteiger partial charge in [0, 0.05) is 12.0 Å². The Balaban J connectivity index is 2.89. The molecule has 0 radical (unpaired) electrons. The fraction of sp³-hybridized carbons (Fsp3) is 0.333. The molecular formula is C12H13F3O. The van der Waals surface area contributed by atoms with Crippen LogP contribution >= 0.6 is 0 Å². The minimum absolute atomic E-state index is 0.213. The molecule has 0 aromatic heterocycles. The van der Waals surface area contributed by atoms with E-state index in [0.717, 1.165) is 6.08 Å². The summed E-state index contributed by atoms with van der Waals surface area (Å²) >= 11 is 0. The van der Waals surface area contributed by atoms with Gasteiger partial charge in [-0.25, -0.2) is 0 Å². The standard InChI is InChI=1S/C12H13F3O/c1-9(16)7-11(12(13,14)15)8-10-5-3-2-4-6-10/h2-7,9,16H,8H2,1H3/b11-7+/t9-/m1/s1. The Morgan fingerprint density at radius 1 is 1.31 bits per heavy atom. The summed E-state index contributed by atoms with van der Waals surface area (Å²) in [4.78, 5) is 0. The van der Waals surface area contributed by atoms with Crippen LogP contribution in [-0.4, -0.2) is 17.4 Å². The largest absolute Gasteiger partial charge is 0.412 e. The lowest BCUT2D eigenvalue weighted by Crippen LogP contribution is -2.16. The summed E-state index contributed by atoms with van der Waals surface area (Å²) in [5.41, 5.74) is -0.138. The van der Waals surface area contributed by atoms with Gasteiger partial charge in [0.25, 0.3) is 0 Å². The van der Waals surface area contributed by atoms with Crippen LogP contribution in [0.15, 0.2) is 42.0 Å². The van der Waals surface area contributed by atoms with Gasteiger partial charge in [-0.3, -0.25) is 0 Å². The van der Waals surface area contributed by atoms with Gasteiger partial charge >= 0.3 is 6.18 Å². The molecule has 0 aliphatic rings. The van der Waals surface area contributed by atoms with Crippen molar-refractivity contribution in [3.05, 3.63) is 47.5 Å². The molecule has 4 heteroatoms. The Labute approximate surface area is 92.2 Å². The molecule has 16 heavy (non-hydrogen) atoms. The number of hydrogen-bond acceptors (Lipinski definition) is 1. The third-order valence-corrected chi connectivity index (χ3v) is 2.04. The molecule has 1 nitrogen and oxygen atoms in total. The van der Waals surface area contributed by atoms with E-state index in [1.54, 1.807) is 30.3 Å². The van der Waals surface area contributed by atoms with Crippen molar-refractivity contribution in [3.63, 3.8) is 0 Å². The van der Waals surface area contributed by atoms with Crippen molar-refractivity contribution in [2.45, 2.75) is 25.6 Å². The number of aliphatic hydroxyl groups excluding tert-OH is 1. The molecule has 0 amide bonds. The molecule has 1 aromatic carbocycles. The van der Waals surface area contributed by atoms with Crippen molar-refractivity contribution in [1.82, 2.24) is 0 Å². The van der Waals surface area contributed by atoms with Gasteiger partial charge in [0.05, 0.1) is 6.10 Å². The third-order valence-electron chi connectivity index (χ3n) is 2.04. The molecule has 0 bridgehead atoms. The van der Waals surface area contributed by atoms with E-state index in [2.05, 4.69) is 0 Å². The van der Waals surface area contributed by atoms with Gasteiger partial charge in [-0.05, 0) is 18.6 Å². The smallest absolute Gasteiger partial charge is 0.389 e. The molecule has 0 unspecified atom stereocenters. The topological polar surface area (TPSA) is 20.2 Å². The van der Waals surface area contributed by atoms with E-state index in [0.29, 0.717) is 5.56 Å². The highest BCUT2D eigenvalue weighted by Gasteiger charge is 2.33. The predicted molar refractivity (Wildman–Crippen MR) is 56.0 cm³/mol. The van der Waals surface area contributed by atoms with Gasteiger partial charge in [0.2, 0.25) is 0 Å². The summed E-state index contributed by atoms with van der Waals surface area (Å²) in [5.74, 6) is 0. The van der Waals surface area contributed by atoms with E-state index in [4.69, 9.17) is 5.11 Å². The SMILES string of the molecule is C[C@@H](O)/C=C(\Cc1ccccc1)C(F)(F)F. The molecular weight excluding hydrogens is 217 g/mol. The fourth-order valence-corrected chi connectivity index (χ4v) is 1.36. The van der Waals surface area contributed by atoms with E-state index in [1.807, 2.05) is 0 Å². The zero-order valence-electron chi connectivity index (χ0n) is 8.83. The molecule has 1 N–H and O–H groups in total. The average molecular weight is 230 g/mol. The second kappa shape index (κ2) is 5.16. The second-order valence-electron chi connectivity index (χ2n) is 3.59. The van der Waals surface area contributed by atoms with Gasteiger partial charge in [0.15, 0.2) is 0 Å². The van der Waals surface area contributed by atoms with E-state index in [1.165, 1.54) is 6.92 Å². The van der Waals surface area contributed by atoms with Gasteiger partial charge in [-0.2, -0.15) is 13.2 Å². The summed E-state index contributed by atoms with van der Waals surface area (Å²) in [6.45, 7) is 1.30. The monoisotopic (exact) mass is 230 g/mol. The minimum Gasteiger partial charge on any atom is -0.389 e. The molecule has 0 saturated heterocycles. The van der Waals surface area contributed by atoms with Crippen LogP contribution < -0.4 is 0 Å². The summed E-state index contributed by atoms with van der Waals surface area (Å²) in [6, 6.07) is 8.37. The van der Waals surface area contributed by atoms with Crippen LogP contribution in [0.5, 0.6) is 0 Å². The second-order valence-corrected chi connectivity index (χ2v) is 3.59. The van der Waals surface area contributed by atoms with E-state index < -0.39 is 17.9 Å². The lowest BCUT2D eigenvalue weighted by atomic mass is 10.0. The predicted octanol–water partition coefficient (Wildman–Crippen LogP) is 3.10. The normalized spacial score (nSPS) is 14.9. The quantitative estimate of drug-likeness (QED) is 0.791. The molecule has 0 spiro atoms. The highest BCUT2D eigenvalue weighted by Crippen LogP contribution is 2.28. The first-order valence-corrected chi connectivity index (χ1v) is 4.89. The Kier molecular flexibility index (Phi) is 4.12. The summed E-state index contributed by atoms with van der Waals surface area (Å²) in [6.07, 6.45) is -4.87. The minimum atomic E-state index is -4.40. The van der Waals surface area contributed by atoms with Gasteiger partial charge in [-0.15, -0.1) is 0 Å². The zero-order valence-corrected chi connectivity index (χ0v) is 8.83. The molecule has 1 rings (SSSR count). The van der Waals surface area contributed by atoms with Gasteiger partial charge in [-0.1, -0.05) is 30.3 Å². The van der Waals surface area contributed by atoms with Crippen LogP contribution in [0.25, 0.3) is 0 Å². The van der Waals surface area contributed by atoms with Crippen LogP contribution in [0.3, 0.4) is 0 Å². The summed E-state index contributed by atoms with van der Waals surface area (Å²) in [7, 11) is 0. The van der Waals surface area contributed by atoms with Crippen molar-refractivity contribution >= 4 is 0 Å². The highest BCUT2D eigenvalue weighted by molar-refractivity contribution is 5.24. The van der Waals surface area contributed by atoms with Crippen molar-refractivity contribution in [3.8, 4) is 0 Å². The molecule has 1 aromatic rings. The molecule has 0 fully saturated rings. The number of benzene rings is 1. The summed E-state index contributed by atoms with van der Waals surface area (Å²) in [5, 5.41) is 8.99. The van der Waals surface area contributed by atoms with E-state index in [9.17, 15) is 13.2 Å². The number of halogens is 3. The maximum absolute atomic E-state index is 12.6. The molecule has 0 heterocycles. The molecule has 0 aliphatic carbocycles. The molecule has 1 atom stereocenters. The van der Waals surface area contributed by atoms with Crippen LogP contribution in [0.4, 0.5) is 13.2 Å². The summed E-state index contributed by atoms with van der Waals surface area (Å²) < 4.78 is 37.8. The van der Waals surface area contributed by atoms with Crippen LogP contribution in [-0.2, 0) is 6.42 Å². The van der Waals surface area contributed by atoms with Crippen LogP contribution in [0.1, 0.15) is 12.5 Å². The number of alkyl halides is 3. The number of hydrogen-bond donors (Lipinski definition) is 1. The lowest BCUT2D eigenvalue weighted by Gasteiger charge is -2.12. The lowest BCUT2D eigenvalue weighted by molar-refractivity contribution is -0.0940. The Morgan fingerprint density at radius 2 is 1.88 bits per heavy atom. The first-order valence-electron chi connectivity index (χ1n) is 4.89. The first kappa shape index (κ1) is 12.8. The zero-order chi connectivity index (χ0) is 12.2. The van der Waals surface area contributed by atoms with Crippen molar-refractivity contribution in [1.29, 1.82) is 0 Å². The molecule has 88 valence electrons. The first-order chi connectivity index (χ1) is 7.39. The molecule has 0 aliphatic heterocycles. The van der Waals surface area contributed by atoms with Gasteiger partial charge in [0.1, 0.15) is 0 Å². The molecule has 0 saturated carbocycles. The maximum atomic E-state index is 12.6. The highest BCUT2D eigenvalue weighted by atomic mass is 19.4. The van der Waals surface area contributed by atoms with Crippen molar-refractivity contribution in [2.75, 3.05) is 0 Å². The van der Waals surface area contributed by atoms with Crippen molar-refractivity contribution < 1.29 is 18.3 Å². The number of rotatable bonds is 3. The van der Waals surface area contributed by atoms with Crippen LogP contribution in [0, 0.1) is 0 Å². The number of aliphatic hydroxyl groups is 1. The van der Waals surface area contributed by atoms with E-state index >= 15 is 0 Å². The number of allylic oxidation sites excluding steroid dienone is 1. The average Bonchev–Trinajstić information content (AvgIpc) is 2.16. The van der Waals surface area contributed by atoms with Gasteiger partial charge < -0.3 is 5.11 Å². The maximum Gasteiger partial charge on any atom is 0.412 e. The Bertz CT molecular complexity index is 352. The Hall–Kier alpha value is -1.29. The third kappa shape index (κ3) is 4.06. The fourth-order valence-electron chi connectivity index (χ4n) is 1.36. The van der Waals surface area contributed by atoms with Crippen molar-refractivity contribution in [2.24, 2.45) is 0 Å². The Morgan fingerprint density at radius 3 is 2.31 bits per heavy atom.